The highest BCUT2D eigenvalue weighted by atomic mass is 16.5. The van der Waals surface area contributed by atoms with E-state index in [0.29, 0.717) is 12.8 Å². The zero-order valence-electron chi connectivity index (χ0n) is 18.7. The predicted octanol–water partition coefficient (Wildman–Crippen LogP) is 2.61. The van der Waals surface area contributed by atoms with Crippen LogP contribution in [0.25, 0.3) is 0 Å². The van der Waals surface area contributed by atoms with Crippen LogP contribution in [0.15, 0.2) is 0 Å². The third kappa shape index (κ3) is 5.92. The van der Waals surface area contributed by atoms with Gasteiger partial charge in [-0.25, -0.2) is 4.79 Å². The van der Waals surface area contributed by atoms with E-state index in [2.05, 4.69) is 66.0 Å². The molecule has 0 aliphatic carbocycles. The fourth-order valence-electron chi connectivity index (χ4n) is 5.37. The molecule has 2 aliphatic rings. The van der Waals surface area contributed by atoms with Gasteiger partial charge in [0.15, 0.2) is 0 Å². The minimum atomic E-state index is -0.731. The van der Waals surface area contributed by atoms with E-state index in [-0.39, 0.29) is 34.3 Å². The fraction of sp³-hybridized carbons (Fsp3) is 0.905. The van der Waals surface area contributed by atoms with E-state index >= 15 is 0 Å². The first-order valence-electron chi connectivity index (χ1n) is 10.1. The Morgan fingerprint density at radius 1 is 0.778 bits per heavy atom. The standard InChI is InChI=1S/C21H39N3O3/c1-18(2)10-14(11-19(3,4)22-18)24(9)16(25)17(26)27-15-12-20(5,6)23-21(7,8)13-15/h14-15,22-23H,10-13H2,1-9H3. The molecule has 1 amide bonds. The maximum atomic E-state index is 12.8. The second-order valence-electron chi connectivity index (χ2n) is 11.2. The molecule has 0 aromatic heterocycles. The Morgan fingerprint density at radius 3 is 1.56 bits per heavy atom. The van der Waals surface area contributed by atoms with Crippen molar-refractivity contribution in [2.75, 3.05) is 7.05 Å². The lowest BCUT2D eigenvalue weighted by molar-refractivity contribution is -0.167. The number of hydrogen-bond donors (Lipinski definition) is 2. The predicted molar refractivity (Wildman–Crippen MR) is 107 cm³/mol. The van der Waals surface area contributed by atoms with Gasteiger partial charge in [-0.05, 0) is 68.2 Å². The van der Waals surface area contributed by atoms with Gasteiger partial charge in [-0.2, -0.15) is 0 Å². The molecule has 2 aliphatic heterocycles. The van der Waals surface area contributed by atoms with E-state index in [9.17, 15) is 9.59 Å². The van der Waals surface area contributed by atoms with Crippen molar-refractivity contribution in [2.24, 2.45) is 0 Å². The van der Waals surface area contributed by atoms with E-state index in [4.69, 9.17) is 4.74 Å². The number of likely N-dealkylation sites (N-methyl/N-ethyl adjacent to an activating group) is 1. The Kier molecular flexibility index (Phi) is 5.77. The van der Waals surface area contributed by atoms with Crippen LogP contribution in [0.1, 0.15) is 81.1 Å². The zero-order valence-corrected chi connectivity index (χ0v) is 18.7. The third-order valence-corrected chi connectivity index (χ3v) is 5.64. The molecule has 2 saturated heterocycles. The number of nitrogens with one attached hydrogen (secondary N) is 2. The second-order valence-corrected chi connectivity index (χ2v) is 11.2. The molecule has 0 bridgehead atoms. The third-order valence-electron chi connectivity index (χ3n) is 5.64. The molecule has 0 aromatic carbocycles. The molecular formula is C21H39N3O3. The van der Waals surface area contributed by atoms with Crippen LogP contribution in [0.2, 0.25) is 0 Å². The van der Waals surface area contributed by atoms with Crippen molar-refractivity contribution in [3.8, 4) is 0 Å². The molecule has 0 atom stereocenters. The van der Waals surface area contributed by atoms with Crippen LogP contribution in [0.5, 0.6) is 0 Å². The number of nitrogens with zero attached hydrogens (tertiary/aromatic N) is 1. The van der Waals surface area contributed by atoms with Gasteiger partial charge in [0.25, 0.3) is 0 Å². The summed E-state index contributed by atoms with van der Waals surface area (Å²) in [5.74, 6) is -1.27. The van der Waals surface area contributed by atoms with Crippen molar-refractivity contribution in [2.45, 2.75) is 115 Å². The molecule has 0 radical (unpaired) electrons. The van der Waals surface area contributed by atoms with Crippen LogP contribution in [-0.2, 0) is 14.3 Å². The van der Waals surface area contributed by atoms with Gasteiger partial charge in [-0.3, -0.25) is 4.79 Å². The molecule has 0 aromatic rings. The first-order valence-corrected chi connectivity index (χ1v) is 10.1. The number of carbonyl (C=O) groups excluding carboxylic acids is 2. The molecule has 27 heavy (non-hydrogen) atoms. The van der Waals surface area contributed by atoms with E-state index in [1.165, 1.54) is 0 Å². The van der Waals surface area contributed by atoms with Crippen molar-refractivity contribution in [1.82, 2.24) is 15.5 Å². The molecule has 2 rings (SSSR count). The first kappa shape index (κ1) is 22.2. The van der Waals surface area contributed by atoms with E-state index in [1.807, 2.05) is 0 Å². The van der Waals surface area contributed by atoms with Gasteiger partial charge in [-0.15, -0.1) is 0 Å². The largest absolute Gasteiger partial charge is 0.455 e. The summed E-state index contributed by atoms with van der Waals surface area (Å²) in [6.45, 7) is 16.9. The zero-order chi connectivity index (χ0) is 20.8. The van der Waals surface area contributed by atoms with Crippen molar-refractivity contribution in [3.63, 3.8) is 0 Å². The van der Waals surface area contributed by atoms with E-state index in [1.54, 1.807) is 11.9 Å². The van der Waals surface area contributed by atoms with Crippen LogP contribution in [0.3, 0.4) is 0 Å². The van der Waals surface area contributed by atoms with E-state index < -0.39 is 11.9 Å². The molecule has 2 N–H and O–H groups in total. The number of carbonyl (C=O) groups is 2. The monoisotopic (exact) mass is 381 g/mol. The first-order chi connectivity index (χ1) is 12.0. The van der Waals surface area contributed by atoms with Gasteiger partial charge in [0, 0.05) is 48.1 Å². The van der Waals surface area contributed by atoms with Gasteiger partial charge >= 0.3 is 11.9 Å². The summed E-state index contributed by atoms with van der Waals surface area (Å²) in [6.07, 6.45) is 2.76. The number of ether oxygens (including phenoxy) is 1. The van der Waals surface area contributed by atoms with Gasteiger partial charge in [-0.1, -0.05) is 0 Å². The molecule has 6 heteroatoms. The van der Waals surface area contributed by atoms with Crippen LogP contribution in [-0.4, -0.2) is 58.1 Å². The lowest BCUT2D eigenvalue weighted by Crippen LogP contribution is -2.63. The van der Waals surface area contributed by atoms with Gasteiger partial charge in [0.05, 0.1) is 0 Å². The van der Waals surface area contributed by atoms with Crippen molar-refractivity contribution in [3.05, 3.63) is 0 Å². The lowest BCUT2D eigenvalue weighted by atomic mass is 9.79. The summed E-state index contributed by atoms with van der Waals surface area (Å²) in [5, 5.41) is 7.17. The molecule has 0 unspecified atom stereocenters. The molecule has 0 saturated carbocycles. The summed E-state index contributed by atoms with van der Waals surface area (Å²) in [5.41, 5.74) is -0.447. The van der Waals surface area contributed by atoms with Crippen molar-refractivity contribution < 1.29 is 14.3 Å². The summed E-state index contributed by atoms with van der Waals surface area (Å²) >= 11 is 0. The normalized spacial score (nSPS) is 27.0. The Hall–Kier alpha value is -1.14. The second kappa shape index (κ2) is 7.03. The maximum absolute atomic E-state index is 12.8. The maximum Gasteiger partial charge on any atom is 0.397 e. The molecular weight excluding hydrogens is 342 g/mol. The van der Waals surface area contributed by atoms with Crippen molar-refractivity contribution in [1.29, 1.82) is 0 Å². The molecule has 2 heterocycles. The number of hydrogen-bond acceptors (Lipinski definition) is 5. The Bertz CT molecular complexity index is 563. The Labute approximate surface area is 164 Å². The molecule has 6 nitrogen and oxygen atoms in total. The van der Waals surface area contributed by atoms with Crippen LogP contribution < -0.4 is 10.6 Å². The molecule has 2 fully saturated rings. The number of amides is 1. The number of rotatable bonds is 2. The van der Waals surface area contributed by atoms with E-state index in [0.717, 1.165) is 12.8 Å². The highest BCUT2D eigenvalue weighted by Crippen LogP contribution is 2.32. The van der Waals surface area contributed by atoms with Crippen molar-refractivity contribution >= 4 is 11.9 Å². The summed E-state index contributed by atoms with van der Waals surface area (Å²) in [7, 11) is 1.72. The topological polar surface area (TPSA) is 70.7 Å². The smallest absolute Gasteiger partial charge is 0.397 e. The van der Waals surface area contributed by atoms with Crippen LogP contribution in [0, 0.1) is 0 Å². The summed E-state index contributed by atoms with van der Waals surface area (Å²) in [6, 6.07) is 0.0113. The number of piperidine rings is 2. The summed E-state index contributed by atoms with van der Waals surface area (Å²) < 4.78 is 5.65. The number of esters is 1. The Morgan fingerprint density at radius 2 is 1.15 bits per heavy atom. The average molecular weight is 382 g/mol. The van der Waals surface area contributed by atoms with Gasteiger partial charge in [0.2, 0.25) is 0 Å². The van der Waals surface area contributed by atoms with Gasteiger partial charge in [0.1, 0.15) is 6.10 Å². The summed E-state index contributed by atoms with van der Waals surface area (Å²) in [4.78, 5) is 27.0. The minimum absolute atomic E-state index is 0.0113. The molecule has 156 valence electrons. The highest BCUT2D eigenvalue weighted by Gasteiger charge is 2.43. The van der Waals surface area contributed by atoms with Gasteiger partial charge < -0.3 is 20.3 Å². The SMILES string of the molecule is CN(C(=O)C(=O)OC1CC(C)(C)NC(C)(C)C1)C1CC(C)(C)NC(C)(C)C1. The average Bonchev–Trinajstić information content (AvgIpc) is 2.38. The van der Waals surface area contributed by atoms with Crippen LogP contribution >= 0.6 is 0 Å². The quantitative estimate of drug-likeness (QED) is 0.568. The lowest BCUT2D eigenvalue weighted by Gasteiger charge is -2.49. The minimum Gasteiger partial charge on any atom is -0.455 e. The Balaban J connectivity index is 2.03. The molecule has 0 spiro atoms. The highest BCUT2D eigenvalue weighted by molar-refractivity contribution is 6.32. The fourth-order valence-corrected chi connectivity index (χ4v) is 5.37. The van der Waals surface area contributed by atoms with Crippen LogP contribution in [0.4, 0.5) is 0 Å².